The van der Waals surface area contributed by atoms with Crippen LogP contribution in [-0.4, -0.2) is 46.5 Å². The second kappa shape index (κ2) is 2.98. The first-order chi connectivity index (χ1) is 5.70. The molecule has 2 saturated heterocycles. The van der Waals surface area contributed by atoms with Crippen LogP contribution in [0, 0.1) is 0 Å². The lowest BCUT2D eigenvalue weighted by Crippen LogP contribution is -2.40. The Bertz CT molecular complexity index is 156. The third-order valence-electron chi connectivity index (χ3n) is 3.45. The molecule has 0 aliphatic carbocycles. The zero-order valence-corrected chi connectivity index (χ0v) is 7.48. The standard InChI is InChI=1S/C9H17NO2/c1-10-6-2-3-7(10)9(12)5-4-8(6)11/h6-9,11-12H,2-5H2,1H3. The number of aliphatic hydroxyl groups excluding tert-OH is 2. The molecule has 0 radical (unpaired) electrons. The van der Waals surface area contributed by atoms with E-state index < -0.39 is 0 Å². The minimum Gasteiger partial charge on any atom is -0.391 e. The van der Waals surface area contributed by atoms with E-state index in [0.29, 0.717) is 12.1 Å². The van der Waals surface area contributed by atoms with Crippen molar-refractivity contribution in [3.8, 4) is 0 Å². The highest BCUT2D eigenvalue weighted by atomic mass is 16.3. The average molecular weight is 171 g/mol. The molecule has 2 N–H and O–H groups in total. The number of rotatable bonds is 0. The minimum atomic E-state index is -0.225. The second-order valence-corrected chi connectivity index (χ2v) is 4.09. The largest absolute Gasteiger partial charge is 0.391 e. The van der Waals surface area contributed by atoms with E-state index in [1.165, 1.54) is 0 Å². The molecular formula is C9H17NO2. The lowest BCUT2D eigenvalue weighted by atomic mass is 9.97. The van der Waals surface area contributed by atoms with Gasteiger partial charge in [0.2, 0.25) is 0 Å². The molecule has 0 aromatic rings. The first-order valence-corrected chi connectivity index (χ1v) is 4.78. The monoisotopic (exact) mass is 171 g/mol. The molecule has 0 spiro atoms. The molecule has 0 aromatic carbocycles. The number of hydrogen-bond donors (Lipinski definition) is 2. The molecule has 2 rings (SSSR count). The van der Waals surface area contributed by atoms with Crippen LogP contribution in [0.2, 0.25) is 0 Å². The van der Waals surface area contributed by atoms with Gasteiger partial charge in [-0.05, 0) is 32.7 Å². The van der Waals surface area contributed by atoms with Gasteiger partial charge in [0, 0.05) is 12.1 Å². The first-order valence-electron chi connectivity index (χ1n) is 4.78. The molecule has 3 nitrogen and oxygen atoms in total. The summed E-state index contributed by atoms with van der Waals surface area (Å²) in [7, 11) is 2.01. The molecule has 4 unspecified atom stereocenters. The zero-order chi connectivity index (χ0) is 8.72. The van der Waals surface area contributed by atoms with Crippen LogP contribution in [0.4, 0.5) is 0 Å². The average Bonchev–Trinajstić information content (AvgIpc) is 2.37. The molecule has 2 aliphatic rings. The van der Waals surface area contributed by atoms with Crippen molar-refractivity contribution in [2.24, 2.45) is 0 Å². The minimum absolute atomic E-state index is 0.225. The van der Waals surface area contributed by atoms with Gasteiger partial charge >= 0.3 is 0 Å². The Morgan fingerprint density at radius 1 is 0.917 bits per heavy atom. The predicted molar refractivity (Wildman–Crippen MR) is 45.8 cm³/mol. The smallest absolute Gasteiger partial charge is 0.0696 e. The van der Waals surface area contributed by atoms with Crippen molar-refractivity contribution in [3.05, 3.63) is 0 Å². The SMILES string of the molecule is CN1C2CCC1C(O)CCC2O. The van der Waals surface area contributed by atoms with Crippen LogP contribution in [0.25, 0.3) is 0 Å². The summed E-state index contributed by atoms with van der Waals surface area (Å²) in [6.07, 6.45) is 3.15. The summed E-state index contributed by atoms with van der Waals surface area (Å²) in [4.78, 5) is 2.16. The molecule has 70 valence electrons. The number of hydrogen-bond acceptors (Lipinski definition) is 3. The van der Waals surface area contributed by atoms with E-state index in [1.54, 1.807) is 0 Å². The lowest BCUT2D eigenvalue weighted by Gasteiger charge is -2.26. The van der Waals surface area contributed by atoms with Gasteiger partial charge in [0.1, 0.15) is 0 Å². The van der Waals surface area contributed by atoms with Crippen LogP contribution < -0.4 is 0 Å². The number of nitrogens with zero attached hydrogens (tertiary/aromatic N) is 1. The topological polar surface area (TPSA) is 43.7 Å². The summed E-state index contributed by atoms with van der Waals surface area (Å²) >= 11 is 0. The van der Waals surface area contributed by atoms with E-state index in [2.05, 4.69) is 4.90 Å². The van der Waals surface area contributed by atoms with E-state index in [0.717, 1.165) is 25.7 Å². The van der Waals surface area contributed by atoms with E-state index in [9.17, 15) is 10.2 Å². The molecule has 0 amide bonds. The van der Waals surface area contributed by atoms with Crippen LogP contribution in [0.5, 0.6) is 0 Å². The summed E-state index contributed by atoms with van der Waals surface area (Å²) in [6, 6.07) is 0.597. The Kier molecular flexibility index (Phi) is 2.10. The predicted octanol–water partition coefficient (Wildman–Crippen LogP) is -0.0352. The third-order valence-corrected chi connectivity index (χ3v) is 3.45. The van der Waals surface area contributed by atoms with Gasteiger partial charge in [-0.3, -0.25) is 4.90 Å². The van der Waals surface area contributed by atoms with Crippen LogP contribution in [-0.2, 0) is 0 Å². The summed E-state index contributed by atoms with van der Waals surface area (Å²) in [6.45, 7) is 0. The third kappa shape index (κ3) is 1.16. The van der Waals surface area contributed by atoms with Gasteiger partial charge in [0.25, 0.3) is 0 Å². The maximum Gasteiger partial charge on any atom is 0.0696 e. The van der Waals surface area contributed by atoms with Gasteiger partial charge in [-0.15, -0.1) is 0 Å². The number of aliphatic hydroxyl groups is 2. The Balaban J connectivity index is 2.17. The van der Waals surface area contributed by atoms with Crippen molar-refractivity contribution in [1.29, 1.82) is 0 Å². The van der Waals surface area contributed by atoms with E-state index in [-0.39, 0.29) is 12.2 Å². The molecular weight excluding hydrogens is 154 g/mol. The van der Waals surface area contributed by atoms with Gasteiger partial charge in [0.15, 0.2) is 0 Å². The fourth-order valence-corrected chi connectivity index (χ4v) is 2.65. The van der Waals surface area contributed by atoms with Crippen molar-refractivity contribution < 1.29 is 10.2 Å². The Labute approximate surface area is 73.0 Å². The maximum atomic E-state index is 9.71. The summed E-state index contributed by atoms with van der Waals surface area (Å²) in [5, 5.41) is 19.4. The molecule has 2 bridgehead atoms. The maximum absolute atomic E-state index is 9.71. The van der Waals surface area contributed by atoms with Crippen molar-refractivity contribution in [2.75, 3.05) is 7.05 Å². The van der Waals surface area contributed by atoms with Crippen LogP contribution in [0.3, 0.4) is 0 Å². The van der Waals surface area contributed by atoms with Gasteiger partial charge in [-0.1, -0.05) is 0 Å². The molecule has 0 saturated carbocycles. The lowest BCUT2D eigenvalue weighted by molar-refractivity contribution is 0.0667. The van der Waals surface area contributed by atoms with Crippen molar-refractivity contribution in [3.63, 3.8) is 0 Å². The Hall–Kier alpha value is -0.120. The fraction of sp³-hybridized carbons (Fsp3) is 1.00. The van der Waals surface area contributed by atoms with E-state index in [4.69, 9.17) is 0 Å². The molecule has 2 aliphatic heterocycles. The van der Waals surface area contributed by atoms with Crippen molar-refractivity contribution in [2.45, 2.75) is 50.0 Å². The highest BCUT2D eigenvalue weighted by Crippen LogP contribution is 2.32. The first kappa shape index (κ1) is 8.48. The van der Waals surface area contributed by atoms with E-state index in [1.807, 2.05) is 7.05 Å². The summed E-state index contributed by atoms with van der Waals surface area (Å²) < 4.78 is 0. The Morgan fingerprint density at radius 3 is 1.75 bits per heavy atom. The van der Waals surface area contributed by atoms with Crippen molar-refractivity contribution >= 4 is 0 Å². The van der Waals surface area contributed by atoms with Crippen molar-refractivity contribution in [1.82, 2.24) is 4.90 Å². The second-order valence-electron chi connectivity index (χ2n) is 4.09. The molecule has 4 atom stereocenters. The van der Waals surface area contributed by atoms with Crippen LogP contribution in [0.15, 0.2) is 0 Å². The summed E-state index contributed by atoms with van der Waals surface area (Å²) in [5.74, 6) is 0. The molecule has 3 heteroatoms. The van der Waals surface area contributed by atoms with Gasteiger partial charge in [-0.25, -0.2) is 0 Å². The fourth-order valence-electron chi connectivity index (χ4n) is 2.65. The highest BCUT2D eigenvalue weighted by Gasteiger charge is 2.41. The van der Waals surface area contributed by atoms with Gasteiger partial charge in [-0.2, -0.15) is 0 Å². The normalized spacial score (nSPS) is 49.2. The summed E-state index contributed by atoms with van der Waals surface area (Å²) in [5.41, 5.74) is 0. The Morgan fingerprint density at radius 2 is 1.33 bits per heavy atom. The van der Waals surface area contributed by atoms with Crippen LogP contribution in [0.1, 0.15) is 25.7 Å². The van der Waals surface area contributed by atoms with Gasteiger partial charge in [0.05, 0.1) is 12.2 Å². The van der Waals surface area contributed by atoms with E-state index >= 15 is 0 Å². The molecule has 0 aromatic heterocycles. The number of likely N-dealkylation sites (N-methyl/N-ethyl adjacent to an activating group) is 1. The molecule has 12 heavy (non-hydrogen) atoms. The molecule has 2 heterocycles. The van der Waals surface area contributed by atoms with Crippen LogP contribution >= 0.6 is 0 Å². The zero-order valence-electron chi connectivity index (χ0n) is 7.48. The molecule has 2 fully saturated rings. The van der Waals surface area contributed by atoms with Gasteiger partial charge < -0.3 is 10.2 Å². The highest BCUT2D eigenvalue weighted by molar-refractivity contribution is 4.96. The quantitative estimate of drug-likeness (QED) is 0.537. The number of fused-ring (bicyclic) bond motifs is 2.